The Bertz CT molecular complexity index is 131. The third-order valence-corrected chi connectivity index (χ3v) is 2.16. The lowest BCUT2D eigenvalue weighted by Crippen LogP contribution is -2.18. The first kappa shape index (κ1) is 7.58. The lowest BCUT2D eigenvalue weighted by Gasteiger charge is -2.10. The average Bonchev–Trinajstić information content (AvgIpc) is 2.34. The summed E-state index contributed by atoms with van der Waals surface area (Å²) in [5.41, 5.74) is 0. The molecule has 57 valence electrons. The first-order valence-corrected chi connectivity index (χ1v) is 3.66. The second-order valence-corrected chi connectivity index (χ2v) is 2.82. The third kappa shape index (κ3) is 1.31. The van der Waals surface area contributed by atoms with Crippen LogP contribution in [0.4, 0.5) is 0 Å². The van der Waals surface area contributed by atoms with Crippen LogP contribution in [0, 0.1) is 18.8 Å². The van der Waals surface area contributed by atoms with Gasteiger partial charge in [0.1, 0.15) is 0 Å². The second-order valence-electron chi connectivity index (χ2n) is 2.82. The Labute approximate surface area is 61.6 Å². The molecule has 1 rings (SSSR count). The number of esters is 1. The van der Waals surface area contributed by atoms with Crippen molar-refractivity contribution in [2.24, 2.45) is 11.8 Å². The Morgan fingerprint density at radius 1 is 1.60 bits per heavy atom. The maximum Gasteiger partial charge on any atom is 0.308 e. The van der Waals surface area contributed by atoms with Crippen LogP contribution in [0.15, 0.2) is 0 Å². The summed E-state index contributed by atoms with van der Waals surface area (Å²) in [6.45, 7) is 3.89. The van der Waals surface area contributed by atoms with Gasteiger partial charge in [0.2, 0.25) is 0 Å². The molecule has 1 saturated carbocycles. The molecule has 2 atom stereocenters. The topological polar surface area (TPSA) is 26.3 Å². The molecule has 0 amide bonds. The predicted molar refractivity (Wildman–Crippen MR) is 38.2 cm³/mol. The number of carbonyl (C=O) groups is 1. The summed E-state index contributed by atoms with van der Waals surface area (Å²) in [6, 6.07) is 0. The van der Waals surface area contributed by atoms with Gasteiger partial charge in [-0.2, -0.15) is 0 Å². The highest BCUT2D eigenvalue weighted by Gasteiger charge is 2.30. The van der Waals surface area contributed by atoms with E-state index in [1.165, 1.54) is 7.11 Å². The van der Waals surface area contributed by atoms with Crippen LogP contribution in [0.2, 0.25) is 0 Å². The van der Waals surface area contributed by atoms with E-state index >= 15 is 0 Å². The second kappa shape index (κ2) is 3.04. The van der Waals surface area contributed by atoms with Crippen LogP contribution in [0.5, 0.6) is 0 Å². The molecule has 0 unspecified atom stereocenters. The van der Waals surface area contributed by atoms with Crippen LogP contribution < -0.4 is 0 Å². The van der Waals surface area contributed by atoms with E-state index in [2.05, 4.69) is 11.7 Å². The van der Waals surface area contributed by atoms with E-state index in [1.54, 1.807) is 0 Å². The maximum absolute atomic E-state index is 11.0. The predicted octanol–water partition coefficient (Wildman–Crippen LogP) is 1.41. The standard InChI is InChI=1S/C8H13O2/c1-6-4-3-5-7(6)8(9)10-2/h6-7H,1,3-5H2,2H3/t6-,7-/m0/s1. The molecular formula is C8H13O2. The van der Waals surface area contributed by atoms with Gasteiger partial charge in [-0.15, -0.1) is 0 Å². The van der Waals surface area contributed by atoms with E-state index in [4.69, 9.17) is 0 Å². The zero-order valence-electron chi connectivity index (χ0n) is 6.30. The summed E-state index contributed by atoms with van der Waals surface area (Å²) < 4.78 is 4.63. The molecule has 0 aliphatic heterocycles. The minimum atomic E-state index is -0.0856. The molecule has 1 fully saturated rings. The van der Waals surface area contributed by atoms with Crippen molar-refractivity contribution in [3.05, 3.63) is 6.92 Å². The fraction of sp³-hybridized carbons (Fsp3) is 0.750. The molecule has 0 aromatic carbocycles. The number of methoxy groups -OCH3 is 1. The van der Waals surface area contributed by atoms with Crippen LogP contribution in [0.25, 0.3) is 0 Å². The first-order valence-electron chi connectivity index (χ1n) is 3.66. The van der Waals surface area contributed by atoms with E-state index in [9.17, 15) is 4.79 Å². The summed E-state index contributed by atoms with van der Waals surface area (Å²) in [7, 11) is 1.44. The van der Waals surface area contributed by atoms with Gasteiger partial charge in [-0.25, -0.2) is 0 Å². The Morgan fingerprint density at radius 2 is 2.30 bits per heavy atom. The zero-order valence-corrected chi connectivity index (χ0v) is 6.30. The van der Waals surface area contributed by atoms with Crippen LogP contribution >= 0.6 is 0 Å². The van der Waals surface area contributed by atoms with Crippen LogP contribution in [0.1, 0.15) is 19.3 Å². The van der Waals surface area contributed by atoms with Crippen molar-refractivity contribution in [2.75, 3.05) is 7.11 Å². The van der Waals surface area contributed by atoms with Crippen molar-refractivity contribution in [2.45, 2.75) is 19.3 Å². The molecule has 1 aliphatic rings. The van der Waals surface area contributed by atoms with E-state index in [1.807, 2.05) is 0 Å². The normalized spacial score (nSPS) is 32.2. The highest BCUT2D eigenvalue weighted by molar-refractivity contribution is 5.73. The summed E-state index contributed by atoms with van der Waals surface area (Å²) in [6.07, 6.45) is 3.15. The van der Waals surface area contributed by atoms with Gasteiger partial charge >= 0.3 is 5.97 Å². The van der Waals surface area contributed by atoms with Gasteiger partial charge in [-0.1, -0.05) is 6.42 Å². The van der Waals surface area contributed by atoms with Gasteiger partial charge in [0.15, 0.2) is 0 Å². The molecule has 10 heavy (non-hydrogen) atoms. The molecule has 0 heterocycles. The molecule has 2 heteroatoms. The summed E-state index contributed by atoms with van der Waals surface area (Å²) >= 11 is 0. The Balaban J connectivity index is 2.46. The SMILES string of the molecule is [CH2][C@H]1CCC[C@@H]1C(=O)OC. The van der Waals surface area contributed by atoms with Crippen LogP contribution in [0.3, 0.4) is 0 Å². The monoisotopic (exact) mass is 141 g/mol. The van der Waals surface area contributed by atoms with Gasteiger partial charge in [-0.05, 0) is 25.7 Å². The summed E-state index contributed by atoms with van der Waals surface area (Å²) in [5, 5.41) is 0. The number of carbonyl (C=O) groups excluding carboxylic acids is 1. The largest absolute Gasteiger partial charge is 0.469 e. The molecule has 1 radical (unpaired) electrons. The van der Waals surface area contributed by atoms with Gasteiger partial charge < -0.3 is 4.74 Å². The molecule has 0 aromatic rings. The average molecular weight is 141 g/mol. The van der Waals surface area contributed by atoms with Crippen LogP contribution in [-0.4, -0.2) is 13.1 Å². The molecule has 2 nitrogen and oxygen atoms in total. The van der Waals surface area contributed by atoms with Gasteiger partial charge in [0.05, 0.1) is 13.0 Å². The first-order chi connectivity index (χ1) is 4.75. The molecule has 0 saturated heterocycles. The smallest absolute Gasteiger partial charge is 0.308 e. The van der Waals surface area contributed by atoms with Crippen molar-refractivity contribution in [3.8, 4) is 0 Å². The van der Waals surface area contributed by atoms with Gasteiger partial charge in [0.25, 0.3) is 0 Å². The van der Waals surface area contributed by atoms with Crippen LogP contribution in [-0.2, 0) is 9.53 Å². The maximum atomic E-state index is 11.0. The number of hydrogen-bond acceptors (Lipinski definition) is 2. The van der Waals surface area contributed by atoms with Crippen molar-refractivity contribution < 1.29 is 9.53 Å². The van der Waals surface area contributed by atoms with E-state index in [-0.39, 0.29) is 17.8 Å². The van der Waals surface area contributed by atoms with Crippen molar-refractivity contribution >= 4 is 5.97 Å². The zero-order chi connectivity index (χ0) is 7.56. The molecule has 0 spiro atoms. The minimum Gasteiger partial charge on any atom is -0.469 e. The van der Waals surface area contributed by atoms with Crippen molar-refractivity contribution in [1.29, 1.82) is 0 Å². The highest BCUT2D eigenvalue weighted by Crippen LogP contribution is 2.31. The number of ether oxygens (including phenoxy) is 1. The minimum absolute atomic E-state index is 0.0741. The summed E-state index contributed by atoms with van der Waals surface area (Å²) in [5.74, 6) is 0.273. The molecule has 0 bridgehead atoms. The molecule has 1 aliphatic carbocycles. The third-order valence-electron chi connectivity index (χ3n) is 2.16. The lowest BCUT2D eigenvalue weighted by molar-refractivity contribution is -0.146. The Kier molecular flexibility index (Phi) is 2.30. The van der Waals surface area contributed by atoms with Gasteiger partial charge in [0, 0.05) is 0 Å². The highest BCUT2D eigenvalue weighted by atomic mass is 16.5. The Hall–Kier alpha value is -0.530. The Morgan fingerprint density at radius 3 is 2.70 bits per heavy atom. The van der Waals surface area contributed by atoms with E-state index < -0.39 is 0 Å². The van der Waals surface area contributed by atoms with E-state index in [0.29, 0.717) is 0 Å². The van der Waals surface area contributed by atoms with Crippen molar-refractivity contribution in [3.63, 3.8) is 0 Å². The number of rotatable bonds is 1. The fourth-order valence-electron chi connectivity index (χ4n) is 1.50. The van der Waals surface area contributed by atoms with E-state index in [0.717, 1.165) is 19.3 Å². The lowest BCUT2D eigenvalue weighted by atomic mass is 9.99. The molecular weight excluding hydrogens is 128 g/mol. The molecule has 0 N–H and O–H groups in total. The fourth-order valence-corrected chi connectivity index (χ4v) is 1.50. The molecule has 0 aromatic heterocycles. The quantitative estimate of drug-likeness (QED) is 0.516. The van der Waals surface area contributed by atoms with Crippen molar-refractivity contribution in [1.82, 2.24) is 0 Å². The number of hydrogen-bond donors (Lipinski definition) is 0. The summed E-state index contributed by atoms with van der Waals surface area (Å²) in [4.78, 5) is 11.0. The van der Waals surface area contributed by atoms with Gasteiger partial charge in [-0.3, -0.25) is 4.79 Å².